The molecule has 0 spiro atoms. The Bertz CT molecular complexity index is 1390. The van der Waals surface area contributed by atoms with Crippen molar-refractivity contribution in [1.29, 1.82) is 0 Å². The molecule has 3 heterocycles. The molecule has 2 aromatic rings. The van der Waals surface area contributed by atoms with Crippen LogP contribution in [0.25, 0.3) is 0 Å². The zero-order chi connectivity index (χ0) is 35.9. The first kappa shape index (κ1) is 38.5. The largest absolute Gasteiger partial charge is 0.494 e. The van der Waals surface area contributed by atoms with Crippen LogP contribution in [0.4, 0.5) is 0 Å². The summed E-state index contributed by atoms with van der Waals surface area (Å²) >= 11 is 0. The van der Waals surface area contributed by atoms with Crippen molar-refractivity contribution in [2.75, 3.05) is 52.5 Å². The Morgan fingerprint density at radius 3 is 2.45 bits per heavy atom. The molecule has 1 aromatic heterocycles. The summed E-state index contributed by atoms with van der Waals surface area (Å²) in [7, 11) is 0. The summed E-state index contributed by atoms with van der Waals surface area (Å²) in [6.45, 7) is 12.3. The second-order valence-corrected chi connectivity index (χ2v) is 13.6. The topological polar surface area (TPSA) is 210 Å². The Morgan fingerprint density at radius 1 is 1.10 bits per heavy atom. The van der Waals surface area contributed by atoms with Gasteiger partial charge in [0.25, 0.3) is 0 Å². The Hall–Kier alpha value is -3.31. The van der Waals surface area contributed by atoms with E-state index in [4.69, 9.17) is 19.3 Å². The first-order valence-corrected chi connectivity index (χ1v) is 17.0. The van der Waals surface area contributed by atoms with E-state index in [-0.39, 0.29) is 36.6 Å². The van der Waals surface area contributed by atoms with Crippen LogP contribution in [0.2, 0.25) is 0 Å². The average molecular weight is 692 g/mol. The van der Waals surface area contributed by atoms with E-state index in [0.29, 0.717) is 57.9 Å². The second-order valence-electron chi connectivity index (χ2n) is 13.6. The van der Waals surface area contributed by atoms with Gasteiger partial charge in [-0.1, -0.05) is 19.9 Å². The lowest BCUT2D eigenvalue weighted by molar-refractivity contribution is -0.278. The second kappa shape index (κ2) is 17.1. The van der Waals surface area contributed by atoms with Gasteiger partial charge in [-0.25, -0.2) is 0 Å². The SMILES string of the molecule is Cc1cc(OCCCC(=O)NC(C)(C)C(=O)N2CCN(CCO)CC2)ccc1Cc1c(OC2O[C@H](CO)[C@@H](O)[C@H](O)[C@H]2O)n[nH]c1C(C)C. The van der Waals surface area contributed by atoms with Gasteiger partial charge in [-0.2, -0.15) is 0 Å². The molecule has 2 saturated heterocycles. The smallest absolute Gasteiger partial charge is 0.247 e. The predicted octanol–water partition coefficient (Wildman–Crippen LogP) is -0.199. The van der Waals surface area contributed by atoms with Gasteiger partial charge in [-0.05, 0) is 56.4 Å². The zero-order valence-electron chi connectivity index (χ0n) is 29.1. The number of benzene rings is 1. The van der Waals surface area contributed by atoms with Crippen molar-refractivity contribution < 1.29 is 49.3 Å². The van der Waals surface area contributed by atoms with E-state index in [0.717, 1.165) is 22.4 Å². The molecule has 274 valence electrons. The molecular formula is C34H53N5O10. The van der Waals surface area contributed by atoms with Crippen LogP contribution >= 0.6 is 0 Å². The molecule has 0 aliphatic carbocycles. The van der Waals surface area contributed by atoms with E-state index in [9.17, 15) is 30.0 Å². The van der Waals surface area contributed by atoms with Gasteiger partial charge in [-0.3, -0.25) is 19.6 Å². The number of H-pyrrole nitrogens is 1. The Kier molecular flexibility index (Phi) is 13.4. The van der Waals surface area contributed by atoms with Gasteiger partial charge in [0, 0.05) is 56.8 Å². The van der Waals surface area contributed by atoms with E-state index in [2.05, 4.69) is 20.4 Å². The van der Waals surface area contributed by atoms with E-state index in [1.165, 1.54) is 0 Å². The molecule has 1 unspecified atom stereocenters. The van der Waals surface area contributed by atoms with Crippen molar-refractivity contribution in [3.8, 4) is 11.6 Å². The van der Waals surface area contributed by atoms with E-state index in [1.807, 2.05) is 39.0 Å². The minimum absolute atomic E-state index is 0.0616. The van der Waals surface area contributed by atoms with Crippen LogP contribution in [-0.2, 0) is 20.7 Å². The molecule has 15 nitrogen and oxygen atoms in total. The number of piperazine rings is 1. The summed E-state index contributed by atoms with van der Waals surface area (Å²) < 4.78 is 17.4. The first-order chi connectivity index (χ1) is 23.2. The molecule has 0 bridgehead atoms. The molecule has 2 aliphatic heterocycles. The maximum atomic E-state index is 13.1. The van der Waals surface area contributed by atoms with Crippen molar-refractivity contribution in [3.05, 3.63) is 40.6 Å². The zero-order valence-corrected chi connectivity index (χ0v) is 29.1. The number of β-amino-alcohol motifs (C(OH)–C–C–N with tert-alkyl or cyclic N) is 1. The van der Waals surface area contributed by atoms with Crippen LogP contribution in [-0.4, -0.2) is 146 Å². The number of hydrogen-bond donors (Lipinski definition) is 7. The molecule has 1 aromatic carbocycles. The highest BCUT2D eigenvalue weighted by molar-refractivity contribution is 5.90. The number of amides is 2. The minimum Gasteiger partial charge on any atom is -0.494 e. The molecule has 2 aliphatic rings. The lowest BCUT2D eigenvalue weighted by Gasteiger charge is -2.39. The fourth-order valence-corrected chi connectivity index (χ4v) is 6.13. The van der Waals surface area contributed by atoms with Crippen molar-refractivity contribution in [2.24, 2.45) is 0 Å². The van der Waals surface area contributed by atoms with Gasteiger partial charge in [0.05, 0.1) is 19.8 Å². The maximum absolute atomic E-state index is 13.1. The molecule has 4 rings (SSSR count). The number of rotatable bonds is 15. The number of aromatic amines is 1. The van der Waals surface area contributed by atoms with Crippen LogP contribution in [0, 0.1) is 6.92 Å². The summed E-state index contributed by atoms with van der Waals surface area (Å²) in [5.74, 6) is 0.532. The maximum Gasteiger partial charge on any atom is 0.247 e. The number of hydrogen-bond acceptors (Lipinski definition) is 12. The molecule has 0 radical (unpaired) electrons. The third kappa shape index (κ3) is 9.69. The van der Waals surface area contributed by atoms with Crippen molar-refractivity contribution in [2.45, 2.75) is 96.0 Å². The number of nitrogens with one attached hydrogen (secondary N) is 2. The quantitative estimate of drug-likeness (QED) is 0.121. The number of aromatic nitrogens is 2. The van der Waals surface area contributed by atoms with Crippen molar-refractivity contribution >= 4 is 11.8 Å². The Morgan fingerprint density at radius 2 is 1.82 bits per heavy atom. The minimum atomic E-state index is -1.57. The van der Waals surface area contributed by atoms with Gasteiger partial charge in [-0.15, -0.1) is 5.10 Å². The number of carbonyl (C=O) groups excluding carboxylic acids is 2. The van der Waals surface area contributed by atoms with Crippen LogP contribution < -0.4 is 14.8 Å². The van der Waals surface area contributed by atoms with Crippen molar-refractivity contribution in [3.63, 3.8) is 0 Å². The van der Waals surface area contributed by atoms with Crippen molar-refractivity contribution in [1.82, 2.24) is 25.3 Å². The fourth-order valence-electron chi connectivity index (χ4n) is 6.13. The fraction of sp³-hybridized carbons (Fsp3) is 0.676. The normalized spacial score (nSPS) is 23.5. The molecule has 7 N–H and O–H groups in total. The Balaban J connectivity index is 1.29. The van der Waals surface area contributed by atoms with Gasteiger partial charge in [0.2, 0.25) is 24.0 Å². The van der Waals surface area contributed by atoms with Crippen LogP contribution in [0.3, 0.4) is 0 Å². The van der Waals surface area contributed by atoms with Crippen LogP contribution in [0.5, 0.6) is 11.6 Å². The standard InChI is InChI=1S/C34H53N5O10/c1-20(2)27-24(31(37-36-27)49-32-30(45)29(44)28(43)25(19-41)48-32)18-22-8-9-23(17-21(22)3)47-16-6-7-26(42)35-34(4,5)33(46)39-12-10-38(11-13-39)14-15-40/h8-9,17,20,25,28-30,32,40-41,43-45H,6-7,10-16,18-19H2,1-5H3,(H,35,42)(H,36,37)/t25-,28-,29+,30-,32?/m1/s1. The van der Waals surface area contributed by atoms with Gasteiger partial charge < -0.3 is 50.0 Å². The number of ether oxygens (including phenoxy) is 3. The lowest BCUT2D eigenvalue weighted by Crippen LogP contribution is -2.60. The summed E-state index contributed by atoms with van der Waals surface area (Å²) in [6.07, 6.45) is -6.01. The summed E-state index contributed by atoms with van der Waals surface area (Å²) in [5.41, 5.74) is 2.44. The number of aryl methyl sites for hydroxylation is 1. The molecule has 2 amide bonds. The van der Waals surface area contributed by atoms with E-state index >= 15 is 0 Å². The monoisotopic (exact) mass is 691 g/mol. The molecule has 0 saturated carbocycles. The molecule has 49 heavy (non-hydrogen) atoms. The number of carbonyl (C=O) groups is 2. The van der Waals surface area contributed by atoms with E-state index < -0.39 is 42.9 Å². The molecule has 2 fully saturated rings. The van der Waals surface area contributed by atoms with Gasteiger partial charge >= 0.3 is 0 Å². The molecular weight excluding hydrogens is 638 g/mol. The highest BCUT2D eigenvalue weighted by Crippen LogP contribution is 2.32. The molecule has 5 atom stereocenters. The number of aliphatic hydroxyl groups excluding tert-OH is 5. The third-order valence-electron chi connectivity index (χ3n) is 9.08. The molecule has 15 heteroatoms. The van der Waals surface area contributed by atoms with Gasteiger partial charge in [0.15, 0.2) is 0 Å². The average Bonchev–Trinajstić information content (AvgIpc) is 3.46. The van der Waals surface area contributed by atoms with E-state index in [1.54, 1.807) is 18.7 Å². The summed E-state index contributed by atoms with van der Waals surface area (Å²) in [5, 5.41) is 59.6. The Labute approximate surface area is 287 Å². The summed E-state index contributed by atoms with van der Waals surface area (Å²) in [6, 6.07) is 5.69. The number of aliphatic hydroxyl groups is 5. The van der Waals surface area contributed by atoms with Crippen LogP contribution in [0.15, 0.2) is 18.2 Å². The lowest BCUT2D eigenvalue weighted by atomic mass is 9.96. The first-order valence-electron chi connectivity index (χ1n) is 17.0. The van der Waals surface area contributed by atoms with Gasteiger partial charge in [0.1, 0.15) is 35.7 Å². The highest BCUT2D eigenvalue weighted by Gasteiger charge is 2.45. The predicted molar refractivity (Wildman–Crippen MR) is 178 cm³/mol. The van der Waals surface area contributed by atoms with Crippen LogP contribution in [0.1, 0.15) is 68.8 Å². The number of nitrogens with zero attached hydrogens (tertiary/aromatic N) is 3. The summed E-state index contributed by atoms with van der Waals surface area (Å²) in [4.78, 5) is 29.6. The third-order valence-corrected chi connectivity index (χ3v) is 9.08. The highest BCUT2D eigenvalue weighted by atomic mass is 16.7.